The van der Waals surface area contributed by atoms with Crippen molar-refractivity contribution in [1.29, 1.82) is 0 Å². The molecule has 2 aliphatic rings. The number of pyridine rings is 2. The number of hydrogen-bond acceptors (Lipinski definition) is 8. The van der Waals surface area contributed by atoms with E-state index < -0.39 is 27.9 Å². The van der Waals surface area contributed by atoms with E-state index in [1.165, 1.54) is 12.1 Å². The van der Waals surface area contributed by atoms with E-state index in [1.807, 2.05) is 4.90 Å². The van der Waals surface area contributed by atoms with Gasteiger partial charge in [-0.3, -0.25) is 4.79 Å². The predicted octanol–water partition coefficient (Wildman–Crippen LogP) is 2.27. The Morgan fingerprint density at radius 1 is 1.21 bits per heavy atom. The van der Waals surface area contributed by atoms with E-state index in [0.717, 1.165) is 6.42 Å². The van der Waals surface area contributed by atoms with Gasteiger partial charge in [-0.1, -0.05) is 13.0 Å². The number of anilines is 2. The van der Waals surface area contributed by atoms with Gasteiger partial charge in [0.15, 0.2) is 5.03 Å². The molecular formula is C23H29N5O5S. The van der Waals surface area contributed by atoms with Crippen molar-refractivity contribution >= 4 is 33.5 Å². The summed E-state index contributed by atoms with van der Waals surface area (Å²) in [5.74, 6) is -0.689. The van der Waals surface area contributed by atoms with Gasteiger partial charge in [-0.15, -0.1) is 0 Å². The Bertz CT molecular complexity index is 1220. The zero-order valence-corrected chi connectivity index (χ0v) is 20.2. The van der Waals surface area contributed by atoms with Crippen molar-refractivity contribution in [3.63, 3.8) is 0 Å². The summed E-state index contributed by atoms with van der Waals surface area (Å²) in [5.41, 5.74) is -0.0663. The molecule has 2 atom stereocenters. The molecule has 10 nitrogen and oxygen atoms in total. The number of carboxylic acid groups (broad SMARTS) is 1. The van der Waals surface area contributed by atoms with E-state index in [1.54, 1.807) is 29.3 Å². The highest BCUT2D eigenvalue weighted by molar-refractivity contribution is 7.90. The summed E-state index contributed by atoms with van der Waals surface area (Å²) in [6.07, 6.45) is 3.63. The van der Waals surface area contributed by atoms with Crippen molar-refractivity contribution in [3.8, 4) is 0 Å². The van der Waals surface area contributed by atoms with Crippen LogP contribution in [-0.4, -0.2) is 60.0 Å². The van der Waals surface area contributed by atoms with Crippen LogP contribution in [-0.2, 0) is 14.8 Å². The van der Waals surface area contributed by atoms with Crippen LogP contribution in [0.5, 0.6) is 0 Å². The number of nitrogens with one attached hydrogen (secondary N) is 1. The van der Waals surface area contributed by atoms with Crippen molar-refractivity contribution in [3.05, 3.63) is 42.1 Å². The normalized spacial score (nSPS) is 22.1. The maximum Gasteiger partial charge on any atom is 0.326 e. The second-order valence-corrected chi connectivity index (χ2v) is 11.2. The molecule has 4 rings (SSSR count). The number of sulfonamides is 1. The van der Waals surface area contributed by atoms with Gasteiger partial charge in [-0.25, -0.2) is 19.5 Å². The molecule has 2 N–H and O–H groups in total. The number of carbonyl (C=O) groups is 2. The standard InChI is InChI=1S/C23H29N5O5S/c1-15-13-23(2,3)28(14-15)20-16(7-5-11-24-20)21(29)26-34(32,33)19-10-4-9-18(25-19)27-12-6-8-17(27)22(30)31/h4-5,7,9-11,15,17H,6,8,12-14H2,1-3H3,(H,26,29)(H,30,31). The molecule has 0 bridgehead atoms. The fraction of sp³-hybridized carbons (Fsp3) is 0.478. The number of carbonyl (C=O) groups excluding carboxylic acids is 1. The molecule has 182 valence electrons. The first-order chi connectivity index (χ1) is 16.0. The number of rotatable bonds is 6. The Morgan fingerprint density at radius 3 is 2.65 bits per heavy atom. The van der Waals surface area contributed by atoms with Crippen LogP contribution in [0.2, 0.25) is 0 Å². The van der Waals surface area contributed by atoms with E-state index in [4.69, 9.17) is 0 Å². The van der Waals surface area contributed by atoms with Gasteiger partial charge in [0, 0.05) is 24.8 Å². The number of carboxylic acids is 1. The van der Waals surface area contributed by atoms with Crippen LogP contribution in [0.15, 0.2) is 41.6 Å². The first-order valence-corrected chi connectivity index (χ1v) is 12.7. The van der Waals surface area contributed by atoms with E-state index in [-0.39, 0.29) is 21.9 Å². The van der Waals surface area contributed by atoms with E-state index >= 15 is 0 Å². The maximum atomic E-state index is 13.1. The van der Waals surface area contributed by atoms with Crippen LogP contribution < -0.4 is 14.5 Å². The molecular weight excluding hydrogens is 458 g/mol. The fourth-order valence-electron chi connectivity index (χ4n) is 4.99. The summed E-state index contributed by atoms with van der Waals surface area (Å²) in [5, 5.41) is 9.08. The third kappa shape index (κ3) is 4.56. The third-order valence-corrected chi connectivity index (χ3v) is 7.64. The number of nitrogens with zero attached hydrogens (tertiary/aromatic N) is 4. The summed E-state index contributed by atoms with van der Waals surface area (Å²) in [6, 6.07) is 6.72. The molecule has 1 amide bonds. The predicted molar refractivity (Wildman–Crippen MR) is 126 cm³/mol. The summed E-state index contributed by atoms with van der Waals surface area (Å²) in [7, 11) is -4.31. The first-order valence-electron chi connectivity index (χ1n) is 11.3. The van der Waals surface area contributed by atoms with Crippen LogP contribution in [0.1, 0.15) is 50.4 Å². The highest BCUT2D eigenvalue weighted by Crippen LogP contribution is 2.37. The fourth-order valence-corrected chi connectivity index (χ4v) is 5.92. The van der Waals surface area contributed by atoms with Gasteiger partial charge in [-0.2, -0.15) is 8.42 Å². The lowest BCUT2D eigenvalue weighted by molar-refractivity contribution is -0.138. The number of amides is 1. The van der Waals surface area contributed by atoms with Gasteiger partial charge >= 0.3 is 5.97 Å². The SMILES string of the molecule is CC1CN(c2ncccc2C(=O)NS(=O)(=O)c2cccc(N3CCCC3C(=O)O)n2)C(C)(C)C1. The van der Waals surface area contributed by atoms with Gasteiger partial charge in [-0.05, 0) is 63.3 Å². The molecule has 2 aliphatic heterocycles. The van der Waals surface area contributed by atoms with Crippen molar-refractivity contribution < 1.29 is 23.1 Å². The molecule has 34 heavy (non-hydrogen) atoms. The molecule has 2 aromatic heterocycles. The summed E-state index contributed by atoms with van der Waals surface area (Å²) in [6.45, 7) is 7.44. The summed E-state index contributed by atoms with van der Waals surface area (Å²) in [4.78, 5) is 36.8. The monoisotopic (exact) mass is 487 g/mol. The lowest BCUT2D eigenvalue weighted by Crippen LogP contribution is -2.41. The topological polar surface area (TPSA) is 133 Å². The molecule has 0 aliphatic carbocycles. The van der Waals surface area contributed by atoms with Crippen LogP contribution in [0.3, 0.4) is 0 Å². The largest absolute Gasteiger partial charge is 0.480 e. The van der Waals surface area contributed by atoms with Crippen LogP contribution in [0.4, 0.5) is 11.6 Å². The van der Waals surface area contributed by atoms with Gasteiger partial charge in [0.05, 0.1) is 5.56 Å². The first kappa shape index (κ1) is 23.9. The number of hydrogen-bond donors (Lipinski definition) is 2. The van der Waals surface area contributed by atoms with Gasteiger partial charge in [0.25, 0.3) is 15.9 Å². The molecule has 2 fully saturated rings. The second kappa shape index (κ2) is 8.86. The molecule has 2 saturated heterocycles. The van der Waals surface area contributed by atoms with Crippen molar-refractivity contribution in [1.82, 2.24) is 14.7 Å². The number of aromatic nitrogens is 2. The highest BCUT2D eigenvalue weighted by atomic mass is 32.2. The Hall–Kier alpha value is -3.21. The van der Waals surface area contributed by atoms with Gasteiger partial charge in [0.2, 0.25) is 0 Å². The molecule has 2 unspecified atom stereocenters. The average Bonchev–Trinajstić information content (AvgIpc) is 3.37. The molecule has 4 heterocycles. The van der Waals surface area contributed by atoms with Crippen molar-refractivity contribution in [2.45, 2.75) is 56.6 Å². The minimum Gasteiger partial charge on any atom is -0.480 e. The molecule has 2 aromatic rings. The van der Waals surface area contributed by atoms with E-state index in [0.29, 0.717) is 37.7 Å². The molecule has 11 heteroatoms. The molecule has 0 aromatic carbocycles. The minimum atomic E-state index is -4.31. The lowest BCUT2D eigenvalue weighted by atomic mass is 9.97. The second-order valence-electron chi connectivity index (χ2n) is 9.57. The van der Waals surface area contributed by atoms with Crippen LogP contribution >= 0.6 is 0 Å². The quantitative estimate of drug-likeness (QED) is 0.629. The Balaban J connectivity index is 1.60. The zero-order chi connectivity index (χ0) is 24.7. The van der Waals surface area contributed by atoms with Gasteiger partial charge < -0.3 is 14.9 Å². The minimum absolute atomic E-state index is 0.162. The van der Waals surface area contributed by atoms with Crippen LogP contribution in [0, 0.1) is 5.92 Å². The third-order valence-electron chi connectivity index (χ3n) is 6.40. The highest BCUT2D eigenvalue weighted by Gasteiger charge is 2.39. The Kier molecular flexibility index (Phi) is 6.24. The Labute approximate surface area is 199 Å². The average molecular weight is 488 g/mol. The van der Waals surface area contributed by atoms with E-state index in [9.17, 15) is 23.1 Å². The smallest absolute Gasteiger partial charge is 0.326 e. The molecule has 0 saturated carbocycles. The summed E-state index contributed by atoms with van der Waals surface area (Å²) < 4.78 is 28.2. The zero-order valence-electron chi connectivity index (χ0n) is 19.4. The molecule has 0 spiro atoms. The molecule has 0 radical (unpaired) electrons. The summed E-state index contributed by atoms with van der Waals surface area (Å²) >= 11 is 0. The lowest BCUT2D eigenvalue weighted by Gasteiger charge is -2.33. The maximum absolute atomic E-state index is 13.1. The van der Waals surface area contributed by atoms with Crippen molar-refractivity contribution in [2.75, 3.05) is 22.9 Å². The Morgan fingerprint density at radius 2 is 1.97 bits per heavy atom. The van der Waals surface area contributed by atoms with Crippen LogP contribution in [0.25, 0.3) is 0 Å². The van der Waals surface area contributed by atoms with Crippen molar-refractivity contribution in [2.24, 2.45) is 5.92 Å². The number of aliphatic carboxylic acids is 1. The van der Waals surface area contributed by atoms with Gasteiger partial charge in [0.1, 0.15) is 17.7 Å². The van der Waals surface area contributed by atoms with E-state index in [2.05, 4.69) is 35.5 Å².